The topological polar surface area (TPSA) is 87.7 Å². The van der Waals surface area contributed by atoms with Crippen molar-refractivity contribution in [3.8, 4) is 5.75 Å². The Morgan fingerprint density at radius 2 is 1.92 bits per heavy atom. The Labute approximate surface area is 148 Å². The van der Waals surface area contributed by atoms with Crippen molar-refractivity contribution in [3.63, 3.8) is 0 Å². The van der Waals surface area contributed by atoms with Gasteiger partial charge in [0, 0.05) is 0 Å². The van der Waals surface area contributed by atoms with Crippen molar-refractivity contribution in [2.24, 2.45) is 0 Å². The number of halogens is 2. The molecule has 1 heterocycles. The maximum absolute atomic E-state index is 12.6. The Hall–Kier alpha value is -2.71. The van der Waals surface area contributed by atoms with Gasteiger partial charge in [0.2, 0.25) is 5.91 Å². The van der Waals surface area contributed by atoms with Gasteiger partial charge in [-0.2, -0.15) is 8.78 Å². The first-order chi connectivity index (χ1) is 12.4. The summed E-state index contributed by atoms with van der Waals surface area (Å²) in [5, 5.41) is 5.11. The molecule has 1 aliphatic carbocycles. The molecule has 4 amide bonds. The summed E-state index contributed by atoms with van der Waals surface area (Å²) in [4.78, 5) is 37.9. The van der Waals surface area contributed by atoms with Crippen molar-refractivity contribution in [1.29, 1.82) is 0 Å². The molecule has 0 unspecified atom stereocenters. The lowest BCUT2D eigenvalue weighted by Gasteiger charge is -2.30. The second-order valence-corrected chi connectivity index (χ2v) is 6.39. The number of anilines is 1. The summed E-state index contributed by atoms with van der Waals surface area (Å²) < 4.78 is 29.2. The first-order valence-electron chi connectivity index (χ1n) is 8.39. The number of hydrogen-bond donors (Lipinski definition) is 2. The summed E-state index contributed by atoms with van der Waals surface area (Å²) in [6.07, 6.45) is 3.79. The molecule has 140 valence electrons. The lowest BCUT2D eigenvalue weighted by atomic mass is 9.82. The number of nitrogens with zero attached hydrogens (tertiary/aromatic N) is 1. The minimum atomic E-state index is -3.04. The molecule has 26 heavy (non-hydrogen) atoms. The van der Waals surface area contributed by atoms with Crippen molar-refractivity contribution in [2.75, 3.05) is 11.9 Å². The van der Waals surface area contributed by atoms with Crippen LogP contribution in [0.4, 0.5) is 19.3 Å². The molecule has 0 atom stereocenters. The Balaban J connectivity index is 1.67. The van der Waals surface area contributed by atoms with E-state index in [9.17, 15) is 23.2 Å². The molecule has 1 saturated carbocycles. The van der Waals surface area contributed by atoms with Crippen LogP contribution in [0.3, 0.4) is 0 Å². The predicted octanol–water partition coefficient (Wildman–Crippen LogP) is 2.48. The van der Waals surface area contributed by atoms with Crippen molar-refractivity contribution >= 4 is 23.5 Å². The van der Waals surface area contributed by atoms with E-state index in [0.717, 1.165) is 24.2 Å². The monoisotopic (exact) mass is 367 g/mol. The van der Waals surface area contributed by atoms with Gasteiger partial charge in [0.15, 0.2) is 0 Å². The van der Waals surface area contributed by atoms with Crippen LogP contribution < -0.4 is 15.4 Å². The van der Waals surface area contributed by atoms with Crippen molar-refractivity contribution in [1.82, 2.24) is 10.2 Å². The highest BCUT2D eigenvalue weighted by molar-refractivity contribution is 6.10. The molecule has 0 aromatic heterocycles. The van der Waals surface area contributed by atoms with Gasteiger partial charge in [-0.15, -0.1) is 0 Å². The van der Waals surface area contributed by atoms with Crippen LogP contribution in [0.15, 0.2) is 24.3 Å². The van der Waals surface area contributed by atoms with E-state index in [1.165, 1.54) is 18.2 Å². The molecule has 9 heteroatoms. The molecule has 1 aromatic carbocycles. The second-order valence-electron chi connectivity index (χ2n) is 6.39. The van der Waals surface area contributed by atoms with Crippen molar-refractivity contribution in [3.05, 3.63) is 24.3 Å². The second kappa shape index (κ2) is 7.27. The SMILES string of the molecule is O=C(CN1C(=O)NC2(CCCCC2)C1=O)Nc1ccccc1OC(F)F. The number of alkyl halides is 2. The summed E-state index contributed by atoms with van der Waals surface area (Å²) in [6, 6.07) is 5.09. The molecule has 1 spiro atoms. The van der Waals surface area contributed by atoms with Crippen LogP contribution >= 0.6 is 0 Å². The number of carbonyl (C=O) groups excluding carboxylic acids is 3. The Morgan fingerprint density at radius 3 is 2.62 bits per heavy atom. The summed E-state index contributed by atoms with van der Waals surface area (Å²) in [7, 11) is 0. The van der Waals surface area contributed by atoms with Gasteiger partial charge in [-0.05, 0) is 25.0 Å². The zero-order valence-corrected chi connectivity index (χ0v) is 14.0. The van der Waals surface area contributed by atoms with E-state index in [4.69, 9.17) is 0 Å². The minimum Gasteiger partial charge on any atom is -0.433 e. The van der Waals surface area contributed by atoms with E-state index in [0.29, 0.717) is 12.8 Å². The number of rotatable bonds is 5. The van der Waals surface area contributed by atoms with Crippen LogP contribution in [0, 0.1) is 0 Å². The molecule has 0 bridgehead atoms. The molecular weight excluding hydrogens is 348 g/mol. The van der Waals surface area contributed by atoms with E-state index in [2.05, 4.69) is 15.4 Å². The summed E-state index contributed by atoms with van der Waals surface area (Å²) in [5.74, 6) is -1.28. The highest BCUT2D eigenvalue weighted by Gasteiger charge is 2.51. The van der Waals surface area contributed by atoms with Crippen LogP contribution in [0.25, 0.3) is 0 Å². The number of urea groups is 1. The number of imide groups is 1. The van der Waals surface area contributed by atoms with Gasteiger partial charge in [0.05, 0.1) is 5.69 Å². The van der Waals surface area contributed by atoms with Crippen LogP contribution in [0.5, 0.6) is 5.75 Å². The quantitative estimate of drug-likeness (QED) is 0.783. The summed E-state index contributed by atoms with van der Waals surface area (Å²) >= 11 is 0. The molecule has 2 N–H and O–H groups in total. The molecule has 0 radical (unpaired) electrons. The zero-order valence-electron chi connectivity index (χ0n) is 14.0. The van der Waals surface area contributed by atoms with E-state index >= 15 is 0 Å². The predicted molar refractivity (Wildman–Crippen MR) is 87.8 cm³/mol. The fourth-order valence-electron chi connectivity index (χ4n) is 3.42. The van der Waals surface area contributed by atoms with E-state index in [1.807, 2.05) is 0 Å². The van der Waals surface area contributed by atoms with Crippen LogP contribution in [0.1, 0.15) is 32.1 Å². The van der Waals surface area contributed by atoms with Gasteiger partial charge in [0.1, 0.15) is 17.8 Å². The molecular formula is C17H19F2N3O4. The summed E-state index contributed by atoms with van der Waals surface area (Å²) in [6.45, 7) is -3.53. The van der Waals surface area contributed by atoms with Crippen LogP contribution in [-0.2, 0) is 9.59 Å². The highest BCUT2D eigenvalue weighted by Crippen LogP contribution is 2.33. The smallest absolute Gasteiger partial charge is 0.387 e. The first kappa shape index (κ1) is 18.1. The van der Waals surface area contributed by atoms with Gasteiger partial charge >= 0.3 is 12.6 Å². The van der Waals surface area contributed by atoms with Gasteiger partial charge < -0.3 is 15.4 Å². The standard InChI is InChI=1S/C17H19F2N3O4/c18-15(19)26-12-7-3-2-6-11(12)20-13(23)10-22-14(24)17(21-16(22)25)8-4-1-5-9-17/h2-3,6-7,15H,1,4-5,8-10H2,(H,20,23)(H,21,25). The number of amides is 4. The van der Waals surface area contributed by atoms with Crippen LogP contribution in [-0.4, -0.2) is 41.4 Å². The fourth-order valence-corrected chi connectivity index (χ4v) is 3.42. The van der Waals surface area contributed by atoms with Crippen molar-refractivity contribution in [2.45, 2.75) is 44.3 Å². The molecule has 1 aliphatic heterocycles. The lowest BCUT2D eigenvalue weighted by molar-refractivity contribution is -0.134. The highest BCUT2D eigenvalue weighted by atomic mass is 19.3. The average molecular weight is 367 g/mol. The number of carbonyl (C=O) groups is 3. The van der Waals surface area contributed by atoms with Gasteiger partial charge in [-0.1, -0.05) is 31.4 Å². The molecule has 1 saturated heterocycles. The molecule has 7 nitrogen and oxygen atoms in total. The number of nitrogens with one attached hydrogen (secondary N) is 2. The molecule has 2 aliphatic rings. The third kappa shape index (κ3) is 3.61. The third-order valence-corrected chi connectivity index (χ3v) is 4.63. The van der Waals surface area contributed by atoms with Crippen molar-refractivity contribution < 1.29 is 27.9 Å². The maximum Gasteiger partial charge on any atom is 0.387 e. The normalized spacial score (nSPS) is 19.0. The number of hydrogen-bond acceptors (Lipinski definition) is 4. The summed E-state index contributed by atoms with van der Waals surface area (Å²) in [5.41, 5.74) is -0.871. The average Bonchev–Trinajstić information content (AvgIpc) is 2.81. The van der Waals surface area contributed by atoms with Gasteiger partial charge in [-0.25, -0.2) is 4.79 Å². The zero-order chi connectivity index (χ0) is 18.7. The van der Waals surface area contributed by atoms with Gasteiger partial charge in [-0.3, -0.25) is 14.5 Å². The third-order valence-electron chi connectivity index (χ3n) is 4.63. The Kier molecular flexibility index (Phi) is 5.06. The number of benzene rings is 1. The van der Waals surface area contributed by atoms with E-state index in [1.54, 1.807) is 6.07 Å². The fraction of sp³-hybridized carbons (Fsp3) is 0.471. The number of ether oxygens (including phenoxy) is 1. The first-order valence-corrected chi connectivity index (χ1v) is 8.39. The number of para-hydroxylation sites is 2. The van der Waals surface area contributed by atoms with E-state index < -0.39 is 36.5 Å². The molecule has 2 fully saturated rings. The minimum absolute atomic E-state index is 0.0391. The Bertz CT molecular complexity index is 720. The lowest BCUT2D eigenvalue weighted by Crippen LogP contribution is -2.48. The molecule has 3 rings (SSSR count). The molecule has 1 aromatic rings. The maximum atomic E-state index is 12.6. The largest absolute Gasteiger partial charge is 0.433 e. The van der Waals surface area contributed by atoms with Crippen LogP contribution in [0.2, 0.25) is 0 Å². The van der Waals surface area contributed by atoms with E-state index in [-0.39, 0.29) is 11.4 Å². The Morgan fingerprint density at radius 1 is 1.23 bits per heavy atom. The van der Waals surface area contributed by atoms with Gasteiger partial charge in [0.25, 0.3) is 5.91 Å².